The first-order chi connectivity index (χ1) is 26.1. The lowest BCUT2D eigenvalue weighted by molar-refractivity contribution is 0.252. The maximum absolute atomic E-state index is 11.2. The minimum Gasteiger partial charge on any atom is -0.512 e. The van der Waals surface area contributed by atoms with Crippen LogP contribution in [-0.4, -0.2) is 25.5 Å². The topological polar surface area (TPSA) is 110 Å². The van der Waals surface area contributed by atoms with Gasteiger partial charge in [-0.05, 0) is 112 Å². The van der Waals surface area contributed by atoms with Crippen molar-refractivity contribution in [2.45, 2.75) is 39.0 Å². The van der Waals surface area contributed by atoms with Crippen LogP contribution in [0.2, 0.25) is 0 Å². The lowest BCUT2D eigenvalue weighted by Gasteiger charge is -2.22. The molecule has 6 rings (SSSR count). The highest BCUT2D eigenvalue weighted by Gasteiger charge is 2.23. The van der Waals surface area contributed by atoms with Crippen LogP contribution in [0.4, 0.5) is 0 Å². The van der Waals surface area contributed by atoms with Crippen LogP contribution in [0.1, 0.15) is 49.3 Å². The lowest BCUT2D eigenvalue weighted by atomic mass is 9.83. The average molecular weight is 717 g/mol. The first kappa shape index (κ1) is 37.1. The lowest BCUT2D eigenvalue weighted by Crippen LogP contribution is -2.05. The largest absolute Gasteiger partial charge is 0.512 e. The Morgan fingerprint density at radius 3 is 2.19 bits per heavy atom. The maximum Gasteiger partial charge on any atom is 0.207 e. The van der Waals surface area contributed by atoms with E-state index in [2.05, 4.69) is 73.8 Å². The minimum atomic E-state index is -1.04. The van der Waals surface area contributed by atoms with Crippen molar-refractivity contribution in [2.75, 3.05) is 0 Å². The fourth-order valence-electron chi connectivity index (χ4n) is 6.90. The van der Waals surface area contributed by atoms with Crippen LogP contribution in [0.3, 0.4) is 0 Å². The van der Waals surface area contributed by atoms with E-state index in [0.717, 1.165) is 66.7 Å². The van der Waals surface area contributed by atoms with Gasteiger partial charge in [-0.2, -0.15) is 0 Å². The minimum absolute atomic E-state index is 0.244. The van der Waals surface area contributed by atoms with E-state index < -0.39 is 23.0 Å². The summed E-state index contributed by atoms with van der Waals surface area (Å²) < 4.78 is 6.19. The standard InChI is InChI=1S/C48H44O6/c1-31-14-7-4-5-8-19-40(33(3)46(51)48(53)47(52)44(50)30-49)41-20-9-6-10-21-42(41)43(26-31)35-24-22-34(23-25-35)36-18-13-15-32(2)54-45-29-38-17-12-11-16-37(38)28-39(45)27-36/h4-7,9-18,21-25,28-30,49-53H,1-2,8,19-20,26-27H2,3H3/b5-4-,14-7-,15-13-,36-18+,41-40+,43-42+,44-30-,46-33-,48-47-. The number of rotatable bonds is 5. The quantitative estimate of drug-likeness (QED) is 0.133. The summed E-state index contributed by atoms with van der Waals surface area (Å²) in [5, 5.41) is 53.4. The van der Waals surface area contributed by atoms with E-state index in [1.165, 1.54) is 0 Å². The molecule has 0 spiro atoms. The molecular formula is C48H44O6. The second-order valence-electron chi connectivity index (χ2n) is 13.4. The zero-order valence-electron chi connectivity index (χ0n) is 30.3. The molecule has 0 unspecified atom stereocenters. The number of hydrogen-bond donors (Lipinski definition) is 5. The number of aliphatic hydroxyl groups excluding tert-OH is 5. The molecule has 0 saturated heterocycles. The van der Waals surface area contributed by atoms with Crippen molar-refractivity contribution in [3.63, 3.8) is 0 Å². The van der Waals surface area contributed by atoms with Gasteiger partial charge in [0.2, 0.25) is 11.5 Å². The smallest absolute Gasteiger partial charge is 0.207 e. The van der Waals surface area contributed by atoms with Gasteiger partial charge in [0.15, 0.2) is 11.5 Å². The molecular weight excluding hydrogens is 673 g/mol. The molecule has 3 aromatic rings. The average Bonchev–Trinajstić information content (AvgIpc) is 3.39. The molecule has 1 heterocycles. The SMILES string of the molecule is C=C1/C=C\C=C/CCC(/C(C)=C(O)/C(O)=C(O)\C(O)=C\O)=C2/CC=CC=C/C2=C(\c2ccc(/C3=C/C=C\C(=C)Oc4cc5ccccc5cc4C3)cc2)C1. The Morgan fingerprint density at radius 2 is 1.43 bits per heavy atom. The molecule has 3 aromatic carbocycles. The van der Waals surface area contributed by atoms with Crippen LogP contribution in [0.25, 0.3) is 21.9 Å². The molecule has 0 saturated carbocycles. The summed E-state index contributed by atoms with van der Waals surface area (Å²) in [5.41, 5.74) is 9.22. The van der Waals surface area contributed by atoms with Gasteiger partial charge >= 0.3 is 0 Å². The summed E-state index contributed by atoms with van der Waals surface area (Å²) in [6.07, 6.45) is 25.2. The van der Waals surface area contributed by atoms with Crippen molar-refractivity contribution in [1.82, 2.24) is 0 Å². The van der Waals surface area contributed by atoms with Crippen LogP contribution < -0.4 is 4.74 Å². The van der Waals surface area contributed by atoms with E-state index in [4.69, 9.17) is 4.74 Å². The second-order valence-corrected chi connectivity index (χ2v) is 13.4. The molecule has 54 heavy (non-hydrogen) atoms. The van der Waals surface area contributed by atoms with Crippen molar-refractivity contribution in [1.29, 1.82) is 0 Å². The van der Waals surface area contributed by atoms with E-state index in [0.29, 0.717) is 43.4 Å². The summed E-state index contributed by atoms with van der Waals surface area (Å²) >= 11 is 0. The molecule has 3 aliphatic rings. The summed E-state index contributed by atoms with van der Waals surface area (Å²) in [7, 11) is 0. The Morgan fingerprint density at radius 1 is 0.722 bits per heavy atom. The molecule has 0 aromatic heterocycles. The van der Waals surface area contributed by atoms with Crippen molar-refractivity contribution in [3.05, 3.63) is 220 Å². The van der Waals surface area contributed by atoms with Crippen LogP contribution >= 0.6 is 0 Å². The summed E-state index contributed by atoms with van der Waals surface area (Å²) in [6.45, 7) is 10.1. The Balaban J connectivity index is 1.49. The molecule has 5 N–H and O–H groups in total. The van der Waals surface area contributed by atoms with Gasteiger partial charge in [-0.3, -0.25) is 0 Å². The van der Waals surface area contributed by atoms with Gasteiger partial charge in [-0.25, -0.2) is 0 Å². The van der Waals surface area contributed by atoms with Gasteiger partial charge in [0, 0.05) is 6.42 Å². The van der Waals surface area contributed by atoms with Crippen molar-refractivity contribution in [2.24, 2.45) is 0 Å². The van der Waals surface area contributed by atoms with Gasteiger partial charge < -0.3 is 30.3 Å². The molecule has 6 heteroatoms. The second kappa shape index (κ2) is 16.8. The fourth-order valence-corrected chi connectivity index (χ4v) is 6.90. The molecule has 2 aliphatic carbocycles. The predicted octanol–water partition coefficient (Wildman–Crippen LogP) is 12.5. The van der Waals surface area contributed by atoms with Gasteiger partial charge in [-0.15, -0.1) is 0 Å². The number of hydrogen-bond acceptors (Lipinski definition) is 6. The highest BCUT2D eigenvalue weighted by Crippen LogP contribution is 2.40. The highest BCUT2D eigenvalue weighted by atomic mass is 16.5. The predicted molar refractivity (Wildman–Crippen MR) is 220 cm³/mol. The van der Waals surface area contributed by atoms with E-state index in [1.54, 1.807) is 6.92 Å². The zero-order chi connectivity index (χ0) is 38.2. The summed E-state index contributed by atoms with van der Waals surface area (Å²) in [5.74, 6) is -2.20. The molecule has 0 amide bonds. The molecule has 272 valence electrons. The Kier molecular flexibility index (Phi) is 11.5. The molecule has 0 atom stereocenters. The van der Waals surface area contributed by atoms with Crippen molar-refractivity contribution >= 4 is 21.9 Å². The molecule has 0 radical (unpaired) electrons. The van der Waals surface area contributed by atoms with E-state index in [9.17, 15) is 25.5 Å². The van der Waals surface area contributed by atoms with Crippen LogP contribution in [0.15, 0.2) is 204 Å². The Hall–Kier alpha value is -6.66. The summed E-state index contributed by atoms with van der Waals surface area (Å²) in [6, 6.07) is 21.1. The van der Waals surface area contributed by atoms with Gasteiger partial charge in [0.25, 0.3) is 0 Å². The van der Waals surface area contributed by atoms with E-state index in [1.807, 2.05) is 66.8 Å². The van der Waals surface area contributed by atoms with Gasteiger partial charge in [0.1, 0.15) is 17.8 Å². The summed E-state index contributed by atoms with van der Waals surface area (Å²) in [4.78, 5) is 0. The van der Waals surface area contributed by atoms with Gasteiger partial charge in [-0.1, -0.05) is 128 Å². The first-order valence-corrected chi connectivity index (χ1v) is 17.9. The van der Waals surface area contributed by atoms with Crippen molar-refractivity contribution in [3.8, 4) is 5.75 Å². The molecule has 0 fully saturated rings. The Labute approximate surface area is 316 Å². The first-order valence-electron chi connectivity index (χ1n) is 17.9. The third-order valence-corrected chi connectivity index (χ3v) is 9.75. The van der Waals surface area contributed by atoms with E-state index in [-0.39, 0.29) is 6.26 Å². The number of benzene rings is 3. The highest BCUT2D eigenvalue weighted by molar-refractivity contribution is 5.86. The molecule has 1 aliphatic heterocycles. The number of aliphatic hydroxyl groups is 5. The van der Waals surface area contributed by atoms with E-state index >= 15 is 0 Å². The molecule has 0 bridgehead atoms. The monoisotopic (exact) mass is 716 g/mol. The Bertz CT molecular complexity index is 2340. The third kappa shape index (κ3) is 8.35. The third-order valence-electron chi connectivity index (χ3n) is 9.75. The van der Waals surface area contributed by atoms with Crippen molar-refractivity contribution < 1.29 is 30.3 Å². The number of ether oxygens (including phenoxy) is 1. The number of fused-ring (bicyclic) bond motifs is 3. The van der Waals surface area contributed by atoms with Crippen LogP contribution in [0, 0.1) is 0 Å². The zero-order valence-corrected chi connectivity index (χ0v) is 30.3. The maximum atomic E-state index is 11.2. The van der Waals surface area contributed by atoms with Crippen LogP contribution in [0.5, 0.6) is 5.75 Å². The van der Waals surface area contributed by atoms with Gasteiger partial charge in [0.05, 0.1) is 0 Å². The fraction of sp³-hybridized carbons (Fsp3) is 0.125. The van der Waals surface area contributed by atoms with Crippen LogP contribution in [-0.2, 0) is 6.42 Å². The number of allylic oxidation sites excluding steroid dienone is 18. The normalized spacial score (nSPS) is 23.3. The molecule has 6 nitrogen and oxygen atoms in total.